The number of hydrogen-bond acceptors (Lipinski definition) is 7. The highest BCUT2D eigenvalue weighted by Gasteiger charge is 2.29. The number of thioether (sulfide) groups is 6. The highest BCUT2D eigenvalue weighted by Crippen LogP contribution is 2.64. The number of benzene rings is 1. The zero-order valence-corrected chi connectivity index (χ0v) is 24.8. The lowest BCUT2D eigenvalue weighted by Gasteiger charge is -2.05. The molecule has 0 saturated carbocycles. The summed E-state index contributed by atoms with van der Waals surface area (Å²) in [5, 5.41) is 8.76. The summed E-state index contributed by atoms with van der Waals surface area (Å²) in [5.41, 5.74) is 0.974. The SMILES string of the molecule is CCCCCCSC1=C(SCCCCCC)SC(=C2Sc3ccc(C#CC#CCO)cc3S2)S1. The van der Waals surface area contributed by atoms with E-state index in [9.17, 15) is 0 Å². The average molecular weight is 565 g/mol. The van der Waals surface area contributed by atoms with Gasteiger partial charge in [0.2, 0.25) is 0 Å². The van der Waals surface area contributed by atoms with Crippen molar-refractivity contribution in [2.45, 2.75) is 75.0 Å². The van der Waals surface area contributed by atoms with Crippen molar-refractivity contribution < 1.29 is 5.11 Å². The molecule has 0 unspecified atom stereocenters. The molecule has 1 aromatic carbocycles. The van der Waals surface area contributed by atoms with E-state index in [4.69, 9.17) is 5.11 Å². The van der Waals surface area contributed by atoms with Crippen LogP contribution in [-0.2, 0) is 0 Å². The van der Waals surface area contributed by atoms with Crippen molar-refractivity contribution in [3.05, 3.63) is 40.7 Å². The van der Waals surface area contributed by atoms with Gasteiger partial charge in [-0.1, -0.05) is 111 Å². The van der Waals surface area contributed by atoms with Crippen LogP contribution in [0.2, 0.25) is 0 Å². The van der Waals surface area contributed by atoms with Crippen molar-refractivity contribution in [3.8, 4) is 23.7 Å². The second-order valence-electron chi connectivity index (χ2n) is 7.75. The Morgan fingerprint density at radius 1 is 0.735 bits per heavy atom. The molecule has 2 heterocycles. The maximum Gasteiger partial charge on any atom is 0.105 e. The van der Waals surface area contributed by atoms with E-state index in [0.717, 1.165) is 5.56 Å². The van der Waals surface area contributed by atoms with Gasteiger partial charge in [0.25, 0.3) is 0 Å². The molecule has 0 spiro atoms. The summed E-state index contributed by atoms with van der Waals surface area (Å²) in [4.78, 5) is 2.60. The Morgan fingerprint density at radius 2 is 1.35 bits per heavy atom. The molecule has 0 aliphatic carbocycles. The van der Waals surface area contributed by atoms with Gasteiger partial charge in [0.05, 0.1) is 16.9 Å². The Kier molecular flexibility index (Phi) is 13.9. The van der Waals surface area contributed by atoms with Gasteiger partial charge in [-0.3, -0.25) is 0 Å². The van der Waals surface area contributed by atoms with Crippen molar-refractivity contribution in [2.75, 3.05) is 18.1 Å². The lowest BCUT2D eigenvalue weighted by atomic mass is 10.2. The van der Waals surface area contributed by atoms with Gasteiger partial charge in [-0.25, -0.2) is 0 Å². The lowest BCUT2D eigenvalue weighted by Crippen LogP contribution is -1.83. The molecule has 34 heavy (non-hydrogen) atoms. The summed E-state index contributed by atoms with van der Waals surface area (Å²) >= 11 is 11.9. The fraction of sp³-hybridized carbons (Fsp3) is 0.481. The van der Waals surface area contributed by atoms with Crippen molar-refractivity contribution >= 4 is 70.6 Å². The lowest BCUT2D eigenvalue weighted by molar-refractivity contribution is 0.350. The molecular weight excluding hydrogens is 533 g/mol. The smallest absolute Gasteiger partial charge is 0.105 e. The van der Waals surface area contributed by atoms with Crippen molar-refractivity contribution in [2.24, 2.45) is 0 Å². The predicted molar refractivity (Wildman–Crippen MR) is 162 cm³/mol. The maximum atomic E-state index is 8.76. The third-order valence-corrected chi connectivity index (χ3v) is 13.7. The molecule has 0 amide bonds. The minimum atomic E-state index is -0.149. The molecule has 1 N–H and O–H groups in total. The van der Waals surface area contributed by atoms with Crippen LogP contribution < -0.4 is 0 Å². The second kappa shape index (κ2) is 16.6. The third kappa shape index (κ3) is 9.40. The summed E-state index contributed by atoms with van der Waals surface area (Å²) in [5.74, 6) is 13.6. The quantitative estimate of drug-likeness (QED) is 0.199. The van der Waals surface area contributed by atoms with E-state index < -0.39 is 0 Å². The monoisotopic (exact) mass is 564 g/mol. The van der Waals surface area contributed by atoms with Gasteiger partial charge in [0, 0.05) is 15.4 Å². The molecule has 3 rings (SSSR count). The van der Waals surface area contributed by atoms with Gasteiger partial charge in [-0.05, 0) is 54.4 Å². The first kappa shape index (κ1) is 28.5. The van der Waals surface area contributed by atoms with Crippen LogP contribution in [0.1, 0.15) is 70.8 Å². The van der Waals surface area contributed by atoms with E-state index in [2.05, 4.69) is 79.3 Å². The van der Waals surface area contributed by atoms with Crippen LogP contribution in [-0.4, -0.2) is 23.2 Å². The van der Waals surface area contributed by atoms with E-state index in [0.29, 0.717) is 0 Å². The highest BCUT2D eigenvalue weighted by molar-refractivity contribution is 8.42. The first-order chi connectivity index (χ1) is 16.7. The van der Waals surface area contributed by atoms with Crippen molar-refractivity contribution in [3.63, 3.8) is 0 Å². The van der Waals surface area contributed by atoms with Crippen LogP contribution in [0.3, 0.4) is 0 Å². The molecule has 1 aromatic rings. The molecule has 1 nitrogen and oxygen atoms in total. The fourth-order valence-corrected chi connectivity index (χ4v) is 12.0. The van der Waals surface area contributed by atoms with Crippen LogP contribution >= 0.6 is 70.6 Å². The van der Waals surface area contributed by atoms with Gasteiger partial charge in [-0.2, -0.15) is 0 Å². The van der Waals surface area contributed by atoms with Crippen molar-refractivity contribution in [1.82, 2.24) is 0 Å². The second-order valence-corrected chi connectivity index (χ2v) is 15.1. The van der Waals surface area contributed by atoms with Crippen LogP contribution in [0.5, 0.6) is 0 Å². The van der Waals surface area contributed by atoms with Crippen LogP contribution in [0.25, 0.3) is 0 Å². The van der Waals surface area contributed by atoms with Crippen LogP contribution in [0.15, 0.2) is 44.9 Å². The number of unbranched alkanes of at least 4 members (excludes halogenated alkanes) is 6. The average Bonchev–Trinajstić information content (AvgIpc) is 3.45. The Balaban J connectivity index is 1.64. The van der Waals surface area contributed by atoms with Crippen LogP contribution in [0, 0.1) is 23.7 Å². The summed E-state index contributed by atoms with van der Waals surface area (Å²) in [6, 6.07) is 6.41. The zero-order valence-electron chi connectivity index (χ0n) is 19.9. The normalized spacial score (nSPS) is 14.7. The number of fused-ring (bicyclic) bond motifs is 1. The first-order valence-corrected chi connectivity index (χ1v) is 17.2. The minimum absolute atomic E-state index is 0.149. The van der Waals surface area contributed by atoms with Gasteiger partial charge in [-0.15, -0.1) is 23.5 Å². The fourth-order valence-electron chi connectivity index (χ4n) is 3.16. The molecule has 0 atom stereocenters. The number of aliphatic hydroxyl groups is 1. The topological polar surface area (TPSA) is 20.2 Å². The molecule has 0 bridgehead atoms. The summed E-state index contributed by atoms with van der Waals surface area (Å²) in [6.45, 7) is 4.41. The van der Waals surface area contributed by atoms with E-state index in [-0.39, 0.29) is 6.61 Å². The Morgan fingerprint density at radius 3 is 1.97 bits per heavy atom. The van der Waals surface area contributed by atoms with E-state index >= 15 is 0 Å². The van der Waals surface area contributed by atoms with Crippen molar-refractivity contribution in [1.29, 1.82) is 0 Å². The maximum absolute atomic E-state index is 8.76. The number of aliphatic hydroxyl groups excluding tert-OH is 1. The minimum Gasteiger partial charge on any atom is -0.384 e. The van der Waals surface area contributed by atoms with E-state index in [1.54, 1.807) is 0 Å². The molecule has 0 radical (unpaired) electrons. The van der Waals surface area contributed by atoms with Gasteiger partial charge >= 0.3 is 0 Å². The predicted octanol–water partition coefficient (Wildman–Crippen LogP) is 9.59. The molecule has 2 aliphatic rings. The molecule has 7 heteroatoms. The van der Waals surface area contributed by atoms with Gasteiger partial charge in [0.15, 0.2) is 0 Å². The van der Waals surface area contributed by atoms with E-state index in [1.165, 1.54) is 89.6 Å². The first-order valence-electron chi connectivity index (χ1n) is 11.9. The standard InChI is InChI=1S/C27H32OS6/c1-3-5-7-12-18-29-24-25(30-19-13-8-6-4-2)34-27(33-24)26-31-22-16-15-21(20-23(22)32-26)14-10-9-11-17-28/h15-16,20,28H,3-8,12-13,17-19H2,1-2H3. The van der Waals surface area contributed by atoms with Crippen LogP contribution in [0.4, 0.5) is 0 Å². The molecule has 0 fully saturated rings. The summed E-state index contributed by atoms with van der Waals surface area (Å²) in [7, 11) is 0. The zero-order chi connectivity index (χ0) is 24.0. The Bertz CT molecular complexity index is 977. The molecular formula is C27H32OS6. The number of hydrogen-bond donors (Lipinski definition) is 1. The third-order valence-electron chi connectivity index (χ3n) is 4.95. The number of rotatable bonds is 12. The highest BCUT2D eigenvalue weighted by atomic mass is 32.3. The molecule has 0 saturated heterocycles. The summed E-state index contributed by atoms with van der Waals surface area (Å²) < 4.78 is 5.90. The molecule has 2 aliphatic heterocycles. The Labute approximate surface area is 231 Å². The van der Waals surface area contributed by atoms with Gasteiger partial charge < -0.3 is 5.11 Å². The molecule has 182 valence electrons. The largest absolute Gasteiger partial charge is 0.384 e. The van der Waals surface area contributed by atoms with Gasteiger partial charge in [0.1, 0.15) is 6.61 Å². The summed E-state index contributed by atoms with van der Waals surface area (Å²) in [6.07, 6.45) is 10.6. The Hall–Kier alpha value is -0.120. The molecule has 0 aromatic heterocycles. The van der Waals surface area contributed by atoms with E-state index in [1.807, 2.05) is 47.0 Å².